The maximum absolute atomic E-state index is 5.91. The summed E-state index contributed by atoms with van der Waals surface area (Å²) in [6, 6.07) is 11.4. The van der Waals surface area contributed by atoms with Crippen molar-refractivity contribution in [2.45, 2.75) is 6.92 Å². The van der Waals surface area contributed by atoms with Crippen LogP contribution in [0.25, 0.3) is 22.6 Å². The van der Waals surface area contributed by atoms with E-state index in [1.807, 2.05) is 43.3 Å². The number of nitrogen functional groups attached to an aromatic ring is 1. The first-order valence-corrected chi connectivity index (χ1v) is 5.99. The van der Waals surface area contributed by atoms with Crippen molar-refractivity contribution in [3.8, 4) is 17.2 Å². The van der Waals surface area contributed by atoms with E-state index in [-0.39, 0.29) is 0 Å². The van der Waals surface area contributed by atoms with Gasteiger partial charge in [0.25, 0.3) is 0 Å². The first-order valence-electron chi connectivity index (χ1n) is 5.99. The molecular weight excluding hydrogens is 240 g/mol. The Hall–Kier alpha value is -2.49. The van der Waals surface area contributed by atoms with Crippen molar-refractivity contribution in [1.82, 2.24) is 4.98 Å². The van der Waals surface area contributed by atoms with E-state index < -0.39 is 0 Å². The summed E-state index contributed by atoms with van der Waals surface area (Å²) in [5.41, 5.74) is 9.97. The van der Waals surface area contributed by atoms with Gasteiger partial charge in [-0.15, -0.1) is 0 Å². The van der Waals surface area contributed by atoms with Crippen LogP contribution in [0.2, 0.25) is 0 Å². The molecule has 0 bridgehead atoms. The predicted molar refractivity (Wildman–Crippen MR) is 75.1 cm³/mol. The summed E-state index contributed by atoms with van der Waals surface area (Å²) >= 11 is 0. The van der Waals surface area contributed by atoms with E-state index in [1.165, 1.54) is 0 Å². The molecule has 3 aromatic rings. The van der Waals surface area contributed by atoms with Gasteiger partial charge in [-0.2, -0.15) is 0 Å². The van der Waals surface area contributed by atoms with Crippen LogP contribution in [0.1, 0.15) is 5.56 Å². The molecule has 0 saturated heterocycles. The quantitative estimate of drug-likeness (QED) is 0.712. The van der Waals surface area contributed by atoms with E-state index in [2.05, 4.69) is 4.98 Å². The average molecular weight is 254 g/mol. The minimum Gasteiger partial charge on any atom is -0.494 e. The van der Waals surface area contributed by atoms with Crippen LogP contribution in [-0.2, 0) is 0 Å². The van der Waals surface area contributed by atoms with Crippen LogP contribution in [0.15, 0.2) is 40.8 Å². The summed E-state index contributed by atoms with van der Waals surface area (Å²) in [7, 11) is 1.62. The maximum atomic E-state index is 5.91. The monoisotopic (exact) mass is 254 g/mol. The van der Waals surface area contributed by atoms with Crippen LogP contribution in [0.3, 0.4) is 0 Å². The maximum Gasteiger partial charge on any atom is 0.227 e. The molecule has 0 fully saturated rings. The molecule has 4 heteroatoms. The molecule has 0 aliphatic heterocycles. The Bertz CT molecular complexity index is 747. The van der Waals surface area contributed by atoms with Gasteiger partial charge in [-0.3, -0.25) is 0 Å². The summed E-state index contributed by atoms with van der Waals surface area (Å²) in [6.07, 6.45) is 0. The van der Waals surface area contributed by atoms with Gasteiger partial charge >= 0.3 is 0 Å². The van der Waals surface area contributed by atoms with Crippen LogP contribution in [0, 0.1) is 6.92 Å². The van der Waals surface area contributed by atoms with Crippen molar-refractivity contribution in [3.63, 3.8) is 0 Å². The van der Waals surface area contributed by atoms with E-state index in [1.54, 1.807) is 7.11 Å². The van der Waals surface area contributed by atoms with Crippen LogP contribution < -0.4 is 10.5 Å². The Morgan fingerprint density at radius 3 is 2.79 bits per heavy atom. The minimum atomic E-state index is 0.547. The topological polar surface area (TPSA) is 61.3 Å². The zero-order chi connectivity index (χ0) is 13.4. The van der Waals surface area contributed by atoms with Gasteiger partial charge < -0.3 is 14.9 Å². The van der Waals surface area contributed by atoms with E-state index >= 15 is 0 Å². The number of rotatable bonds is 2. The number of hydrogen-bond donors (Lipinski definition) is 1. The Balaban J connectivity index is 2.17. The number of benzene rings is 2. The van der Waals surface area contributed by atoms with Gasteiger partial charge in [0.2, 0.25) is 5.89 Å². The van der Waals surface area contributed by atoms with E-state index in [4.69, 9.17) is 14.9 Å². The molecule has 19 heavy (non-hydrogen) atoms. The molecule has 0 aliphatic rings. The highest BCUT2D eigenvalue weighted by Gasteiger charge is 2.12. The molecule has 0 spiro atoms. The normalized spacial score (nSPS) is 10.8. The Labute approximate surface area is 110 Å². The Morgan fingerprint density at radius 2 is 2.05 bits per heavy atom. The molecule has 0 saturated carbocycles. The molecular formula is C15H14N2O2. The molecule has 2 N–H and O–H groups in total. The van der Waals surface area contributed by atoms with Crippen molar-refractivity contribution >= 4 is 16.8 Å². The zero-order valence-electron chi connectivity index (χ0n) is 10.8. The number of nitrogens with zero attached hydrogens (tertiary/aromatic N) is 1. The van der Waals surface area contributed by atoms with Gasteiger partial charge in [-0.25, -0.2) is 4.98 Å². The van der Waals surface area contributed by atoms with Crippen LogP contribution in [-0.4, -0.2) is 12.1 Å². The second kappa shape index (κ2) is 4.31. The Morgan fingerprint density at radius 1 is 1.21 bits per heavy atom. The lowest BCUT2D eigenvalue weighted by Crippen LogP contribution is -1.89. The number of anilines is 1. The van der Waals surface area contributed by atoms with Crippen molar-refractivity contribution in [3.05, 3.63) is 42.0 Å². The van der Waals surface area contributed by atoms with E-state index in [0.717, 1.165) is 22.3 Å². The number of oxazole rings is 1. The zero-order valence-corrected chi connectivity index (χ0v) is 10.8. The molecule has 1 heterocycles. The number of methoxy groups -OCH3 is 1. The summed E-state index contributed by atoms with van der Waals surface area (Å²) in [5, 5.41) is 0. The summed E-state index contributed by atoms with van der Waals surface area (Å²) in [6.45, 7) is 1.97. The highest BCUT2D eigenvalue weighted by atomic mass is 16.5. The summed E-state index contributed by atoms with van der Waals surface area (Å²) in [5.74, 6) is 1.25. The molecule has 3 rings (SSSR count). The largest absolute Gasteiger partial charge is 0.494 e. The van der Waals surface area contributed by atoms with Crippen LogP contribution >= 0.6 is 0 Å². The summed E-state index contributed by atoms with van der Waals surface area (Å²) in [4.78, 5) is 4.48. The third-order valence-corrected chi connectivity index (χ3v) is 3.13. The number of para-hydroxylation sites is 1. The molecule has 0 atom stereocenters. The molecule has 0 amide bonds. The number of aromatic nitrogens is 1. The molecule has 0 radical (unpaired) electrons. The number of ether oxygens (including phenoxy) is 1. The number of hydrogen-bond acceptors (Lipinski definition) is 4. The van der Waals surface area contributed by atoms with Crippen molar-refractivity contribution in [2.24, 2.45) is 0 Å². The number of aryl methyl sites for hydroxylation is 1. The third kappa shape index (κ3) is 1.91. The van der Waals surface area contributed by atoms with Gasteiger partial charge in [0.15, 0.2) is 11.1 Å². The minimum absolute atomic E-state index is 0.547. The van der Waals surface area contributed by atoms with E-state index in [0.29, 0.717) is 17.2 Å². The predicted octanol–water partition coefficient (Wildman–Crippen LogP) is 3.39. The number of nitrogens with two attached hydrogens (primary N) is 1. The van der Waals surface area contributed by atoms with Gasteiger partial charge in [0, 0.05) is 11.3 Å². The first-order chi connectivity index (χ1) is 9.19. The fraction of sp³-hybridized carbons (Fsp3) is 0.133. The average Bonchev–Trinajstić information content (AvgIpc) is 2.85. The lowest BCUT2D eigenvalue weighted by atomic mass is 10.1. The Kier molecular flexibility index (Phi) is 2.63. The molecule has 96 valence electrons. The highest BCUT2D eigenvalue weighted by Crippen LogP contribution is 2.30. The van der Waals surface area contributed by atoms with Gasteiger partial charge in [-0.05, 0) is 36.8 Å². The molecule has 4 nitrogen and oxygen atoms in total. The van der Waals surface area contributed by atoms with Gasteiger partial charge in [-0.1, -0.05) is 12.1 Å². The fourth-order valence-corrected chi connectivity index (χ4v) is 1.98. The molecule has 0 aliphatic carbocycles. The lowest BCUT2D eigenvalue weighted by molar-refractivity contribution is 0.419. The van der Waals surface area contributed by atoms with Crippen molar-refractivity contribution in [2.75, 3.05) is 12.8 Å². The lowest BCUT2D eigenvalue weighted by Gasteiger charge is -2.01. The molecule has 1 aromatic heterocycles. The smallest absolute Gasteiger partial charge is 0.227 e. The molecule has 2 aromatic carbocycles. The van der Waals surface area contributed by atoms with Crippen molar-refractivity contribution < 1.29 is 9.15 Å². The fourth-order valence-electron chi connectivity index (χ4n) is 1.98. The summed E-state index contributed by atoms with van der Waals surface area (Å²) < 4.78 is 11.0. The van der Waals surface area contributed by atoms with Crippen molar-refractivity contribution in [1.29, 1.82) is 0 Å². The van der Waals surface area contributed by atoms with Gasteiger partial charge in [0.05, 0.1) is 7.11 Å². The standard InChI is InChI=1S/C15H14N2O2/c1-9-6-7-10(8-11(9)16)15-17-14-12(18-2)4-3-5-13(14)19-15/h3-8H,16H2,1-2H3. The van der Waals surface area contributed by atoms with Crippen LogP contribution in [0.4, 0.5) is 5.69 Å². The first kappa shape index (κ1) is 11.6. The second-order valence-corrected chi connectivity index (χ2v) is 4.40. The SMILES string of the molecule is COc1cccc2oc(-c3ccc(C)c(N)c3)nc12. The number of fused-ring (bicyclic) bond motifs is 1. The second-order valence-electron chi connectivity index (χ2n) is 4.40. The van der Waals surface area contributed by atoms with Gasteiger partial charge in [0.1, 0.15) is 5.75 Å². The van der Waals surface area contributed by atoms with E-state index in [9.17, 15) is 0 Å². The van der Waals surface area contributed by atoms with Crippen LogP contribution in [0.5, 0.6) is 5.75 Å². The highest BCUT2D eigenvalue weighted by molar-refractivity contribution is 5.82. The molecule has 0 unspecified atom stereocenters. The third-order valence-electron chi connectivity index (χ3n) is 3.13.